The molecule has 0 spiro atoms. The number of nitrogens with two attached hydrogens (primary N) is 1. The van der Waals surface area contributed by atoms with Gasteiger partial charge in [-0.25, -0.2) is 0 Å². The van der Waals surface area contributed by atoms with E-state index in [1.165, 1.54) is 0 Å². The van der Waals surface area contributed by atoms with Crippen molar-refractivity contribution in [2.24, 2.45) is 5.73 Å². The van der Waals surface area contributed by atoms with Crippen LogP contribution < -0.4 is 5.73 Å². The number of aromatic nitrogens is 1. The van der Waals surface area contributed by atoms with Gasteiger partial charge in [-0.05, 0) is 18.1 Å². The van der Waals surface area contributed by atoms with Crippen LogP contribution in [0.25, 0.3) is 10.9 Å². The molecule has 0 unspecified atom stereocenters. The van der Waals surface area contributed by atoms with Crippen LogP contribution in [-0.4, -0.2) is 11.7 Å². The van der Waals surface area contributed by atoms with E-state index in [2.05, 4.69) is 4.98 Å². The van der Waals surface area contributed by atoms with Crippen LogP contribution in [-0.2, 0) is 0 Å². The van der Waals surface area contributed by atoms with Gasteiger partial charge in [0.15, 0.2) is 0 Å². The number of benzene rings is 1. The summed E-state index contributed by atoms with van der Waals surface area (Å²) in [6.45, 7) is -0.374. The number of fused-ring (bicyclic) bond motifs is 1. The minimum atomic E-state index is -0.374. The van der Waals surface area contributed by atoms with Crippen molar-refractivity contribution in [1.29, 1.82) is 0 Å². The molecule has 0 aliphatic heterocycles. The van der Waals surface area contributed by atoms with E-state index in [-0.39, 0.29) is 12.7 Å². The van der Waals surface area contributed by atoms with Gasteiger partial charge < -0.3 is 10.7 Å². The third kappa shape index (κ3) is 1.51. The summed E-state index contributed by atoms with van der Waals surface area (Å²) >= 11 is 0. The molecule has 2 nitrogen and oxygen atoms in total. The molecule has 1 heterocycles. The molecule has 0 saturated heterocycles. The molecule has 1 atom stereocenters. The molecule has 1 aromatic carbocycles. The maximum absolute atomic E-state index is 12.1. The minimum Gasteiger partial charge on any atom is -0.361 e. The third-order valence-corrected chi connectivity index (χ3v) is 2.44. The number of rotatable bonds is 3. The van der Waals surface area contributed by atoms with Crippen LogP contribution in [0, 0.1) is 0 Å². The summed E-state index contributed by atoms with van der Waals surface area (Å²) in [6.07, 6.45) is 2.24. The average Bonchev–Trinajstić information content (AvgIpc) is 2.61. The summed E-state index contributed by atoms with van der Waals surface area (Å²) in [6, 6.07) is 7.70. The Hall–Kier alpha value is -1.35. The molecule has 14 heavy (non-hydrogen) atoms. The van der Waals surface area contributed by atoms with Crippen molar-refractivity contribution in [3.05, 3.63) is 36.0 Å². The number of aromatic amines is 1. The zero-order chi connectivity index (χ0) is 9.97. The predicted octanol–water partition coefficient (Wildman–Crippen LogP) is 2.53. The SMILES string of the molecule is N[C@H](CCF)c1c[nH]c2ccccc12. The molecule has 74 valence electrons. The number of alkyl halides is 1. The second-order valence-electron chi connectivity index (χ2n) is 3.37. The number of hydrogen-bond donors (Lipinski definition) is 2. The molecular weight excluding hydrogens is 179 g/mol. The van der Waals surface area contributed by atoms with Crippen LogP contribution in [0.15, 0.2) is 30.5 Å². The summed E-state index contributed by atoms with van der Waals surface area (Å²) in [5, 5.41) is 1.09. The lowest BCUT2D eigenvalue weighted by Crippen LogP contribution is -2.10. The summed E-state index contributed by atoms with van der Waals surface area (Å²) in [7, 11) is 0. The Morgan fingerprint density at radius 3 is 2.93 bits per heavy atom. The third-order valence-electron chi connectivity index (χ3n) is 2.44. The standard InChI is InChI=1S/C11H13FN2/c12-6-5-10(13)9-7-14-11-4-2-1-3-8(9)11/h1-4,7,10,14H,5-6,13H2/t10-/m1/s1. The highest BCUT2D eigenvalue weighted by Gasteiger charge is 2.10. The van der Waals surface area contributed by atoms with Gasteiger partial charge >= 0.3 is 0 Å². The highest BCUT2D eigenvalue weighted by molar-refractivity contribution is 5.83. The van der Waals surface area contributed by atoms with E-state index in [1.54, 1.807) is 0 Å². The zero-order valence-electron chi connectivity index (χ0n) is 7.83. The Kier molecular flexibility index (Phi) is 2.50. The second kappa shape index (κ2) is 3.80. The first kappa shape index (κ1) is 9.21. The summed E-state index contributed by atoms with van der Waals surface area (Å²) in [5.74, 6) is 0. The van der Waals surface area contributed by atoms with Crippen molar-refractivity contribution >= 4 is 10.9 Å². The highest BCUT2D eigenvalue weighted by atomic mass is 19.1. The van der Waals surface area contributed by atoms with Gasteiger partial charge in [-0.15, -0.1) is 0 Å². The largest absolute Gasteiger partial charge is 0.361 e. The second-order valence-corrected chi connectivity index (χ2v) is 3.37. The van der Waals surface area contributed by atoms with Crippen molar-refractivity contribution in [3.63, 3.8) is 0 Å². The van der Waals surface area contributed by atoms with Crippen LogP contribution in [0.5, 0.6) is 0 Å². The monoisotopic (exact) mass is 192 g/mol. The normalized spacial score (nSPS) is 13.3. The average molecular weight is 192 g/mol. The first-order valence-corrected chi connectivity index (χ1v) is 4.70. The summed E-state index contributed by atoms with van der Waals surface area (Å²) in [5.41, 5.74) is 7.91. The number of nitrogens with one attached hydrogen (secondary N) is 1. The molecule has 1 aromatic heterocycles. The van der Waals surface area contributed by atoms with E-state index < -0.39 is 0 Å². The lowest BCUT2D eigenvalue weighted by atomic mass is 10.0. The fourth-order valence-electron chi connectivity index (χ4n) is 1.67. The van der Waals surface area contributed by atoms with Crippen molar-refractivity contribution in [3.8, 4) is 0 Å². The molecule has 0 bridgehead atoms. The molecule has 3 heteroatoms. The summed E-state index contributed by atoms with van der Waals surface area (Å²) < 4.78 is 12.1. The van der Waals surface area contributed by atoms with E-state index >= 15 is 0 Å². The molecule has 0 fully saturated rings. The molecular formula is C11H13FN2. The Morgan fingerprint density at radius 1 is 1.36 bits per heavy atom. The number of para-hydroxylation sites is 1. The van der Waals surface area contributed by atoms with E-state index in [0.29, 0.717) is 6.42 Å². The van der Waals surface area contributed by atoms with Gasteiger partial charge in [-0.2, -0.15) is 0 Å². The smallest absolute Gasteiger partial charge is 0.0912 e. The van der Waals surface area contributed by atoms with Crippen molar-refractivity contribution < 1.29 is 4.39 Å². The maximum atomic E-state index is 12.1. The fourth-order valence-corrected chi connectivity index (χ4v) is 1.67. The van der Waals surface area contributed by atoms with E-state index in [9.17, 15) is 4.39 Å². The number of hydrogen-bond acceptors (Lipinski definition) is 1. The number of halogens is 1. The Labute approximate surface area is 81.9 Å². The molecule has 3 N–H and O–H groups in total. The topological polar surface area (TPSA) is 41.8 Å². The van der Waals surface area contributed by atoms with Crippen molar-refractivity contribution in [2.75, 3.05) is 6.67 Å². The van der Waals surface area contributed by atoms with E-state index in [1.807, 2.05) is 30.5 Å². The van der Waals surface area contributed by atoms with Gasteiger partial charge in [0.2, 0.25) is 0 Å². The molecule has 0 aliphatic carbocycles. The van der Waals surface area contributed by atoms with E-state index in [4.69, 9.17) is 5.73 Å². The van der Waals surface area contributed by atoms with E-state index in [0.717, 1.165) is 16.5 Å². The van der Waals surface area contributed by atoms with Crippen LogP contribution in [0.1, 0.15) is 18.0 Å². The van der Waals surface area contributed by atoms with Crippen LogP contribution >= 0.6 is 0 Å². The maximum Gasteiger partial charge on any atom is 0.0912 e. The molecule has 0 amide bonds. The predicted molar refractivity (Wildman–Crippen MR) is 55.8 cm³/mol. The van der Waals surface area contributed by atoms with Gasteiger partial charge in [0.25, 0.3) is 0 Å². The van der Waals surface area contributed by atoms with Crippen LogP contribution in [0.4, 0.5) is 4.39 Å². The Balaban J connectivity index is 2.42. The zero-order valence-corrected chi connectivity index (χ0v) is 7.83. The quantitative estimate of drug-likeness (QED) is 0.770. The molecule has 2 aromatic rings. The van der Waals surface area contributed by atoms with Gasteiger partial charge in [-0.1, -0.05) is 18.2 Å². The van der Waals surface area contributed by atoms with Crippen LogP contribution in [0.2, 0.25) is 0 Å². The van der Waals surface area contributed by atoms with Gasteiger partial charge in [0.05, 0.1) is 6.67 Å². The van der Waals surface area contributed by atoms with Crippen molar-refractivity contribution in [1.82, 2.24) is 4.98 Å². The molecule has 2 rings (SSSR count). The number of H-pyrrole nitrogens is 1. The lowest BCUT2D eigenvalue weighted by Gasteiger charge is -2.07. The Bertz CT molecular complexity index is 422. The fraction of sp³-hybridized carbons (Fsp3) is 0.273. The van der Waals surface area contributed by atoms with Crippen molar-refractivity contribution in [2.45, 2.75) is 12.5 Å². The molecule has 0 aliphatic rings. The minimum absolute atomic E-state index is 0.212. The first-order chi connectivity index (χ1) is 6.83. The lowest BCUT2D eigenvalue weighted by molar-refractivity contribution is 0.443. The molecule has 0 saturated carbocycles. The van der Waals surface area contributed by atoms with Gasteiger partial charge in [0, 0.05) is 23.1 Å². The van der Waals surface area contributed by atoms with Gasteiger partial charge in [0.1, 0.15) is 0 Å². The van der Waals surface area contributed by atoms with Crippen LogP contribution in [0.3, 0.4) is 0 Å². The molecule has 0 radical (unpaired) electrons. The van der Waals surface area contributed by atoms with Gasteiger partial charge in [-0.3, -0.25) is 4.39 Å². The highest BCUT2D eigenvalue weighted by Crippen LogP contribution is 2.24. The Morgan fingerprint density at radius 2 is 2.14 bits per heavy atom. The summed E-state index contributed by atoms with van der Waals surface area (Å²) in [4.78, 5) is 3.13. The first-order valence-electron chi connectivity index (χ1n) is 4.70.